The number of benzene rings is 1. The van der Waals surface area contributed by atoms with Gasteiger partial charge in [-0.05, 0) is 29.9 Å². The highest BCUT2D eigenvalue weighted by atomic mass is 32.1. The van der Waals surface area contributed by atoms with Crippen molar-refractivity contribution >= 4 is 17.2 Å². The van der Waals surface area contributed by atoms with Crippen molar-refractivity contribution in [2.24, 2.45) is 0 Å². The number of hydrogen-bond donors (Lipinski definition) is 0. The number of carbonyl (C=O) groups is 1. The van der Waals surface area contributed by atoms with Crippen LogP contribution in [0.1, 0.15) is 46.5 Å². The maximum absolute atomic E-state index is 12.7. The summed E-state index contributed by atoms with van der Waals surface area (Å²) in [6.45, 7) is 1.81. The first-order valence-electron chi connectivity index (χ1n) is 9.08. The second kappa shape index (κ2) is 8.45. The molecule has 1 amide bonds. The fourth-order valence-electron chi connectivity index (χ4n) is 3.25. The molecule has 0 bridgehead atoms. The lowest BCUT2D eigenvalue weighted by molar-refractivity contribution is 0.0710. The Hall–Kier alpha value is -2.51. The van der Waals surface area contributed by atoms with Crippen LogP contribution in [0.4, 0.5) is 0 Å². The maximum atomic E-state index is 12.7. The molecule has 3 heterocycles. The highest BCUT2D eigenvalue weighted by Crippen LogP contribution is 2.32. The van der Waals surface area contributed by atoms with Crippen molar-refractivity contribution in [2.75, 3.05) is 13.2 Å². The van der Waals surface area contributed by atoms with Crippen LogP contribution < -0.4 is 0 Å². The van der Waals surface area contributed by atoms with Gasteiger partial charge in [-0.3, -0.25) is 4.79 Å². The van der Waals surface area contributed by atoms with Crippen molar-refractivity contribution in [1.29, 1.82) is 0 Å². The zero-order valence-corrected chi connectivity index (χ0v) is 15.7. The van der Waals surface area contributed by atoms with Crippen LogP contribution in [0.2, 0.25) is 0 Å². The Labute approximate surface area is 161 Å². The molecule has 1 aliphatic rings. The van der Waals surface area contributed by atoms with E-state index in [1.54, 1.807) is 0 Å². The van der Waals surface area contributed by atoms with Crippen LogP contribution in [0.15, 0.2) is 51.7 Å². The number of carbonyl (C=O) groups excluding carboxylic acids is 1. The molecule has 0 N–H and O–H groups in total. The molecular formula is C20H21N3O3S. The molecule has 0 saturated carbocycles. The molecule has 1 fully saturated rings. The average molecular weight is 383 g/mol. The van der Waals surface area contributed by atoms with Crippen molar-refractivity contribution in [1.82, 2.24) is 15.0 Å². The molecule has 2 aromatic heterocycles. The van der Waals surface area contributed by atoms with Gasteiger partial charge < -0.3 is 14.2 Å². The van der Waals surface area contributed by atoms with E-state index in [4.69, 9.17) is 9.26 Å². The molecule has 1 saturated heterocycles. The van der Waals surface area contributed by atoms with E-state index >= 15 is 0 Å². The lowest BCUT2D eigenvalue weighted by Gasteiger charge is -2.21. The number of hydrogen-bond acceptors (Lipinski definition) is 6. The van der Waals surface area contributed by atoms with Crippen molar-refractivity contribution in [3.63, 3.8) is 0 Å². The first-order valence-corrected chi connectivity index (χ1v) is 10.0. The van der Waals surface area contributed by atoms with Gasteiger partial charge in [0.2, 0.25) is 5.89 Å². The molecule has 0 radical (unpaired) electrons. The van der Waals surface area contributed by atoms with Crippen molar-refractivity contribution in [3.05, 3.63) is 70.0 Å². The van der Waals surface area contributed by atoms with Gasteiger partial charge in [-0.1, -0.05) is 35.5 Å². The van der Waals surface area contributed by atoms with Gasteiger partial charge >= 0.3 is 0 Å². The van der Waals surface area contributed by atoms with Crippen LogP contribution in [0.5, 0.6) is 0 Å². The van der Waals surface area contributed by atoms with Crippen LogP contribution >= 0.6 is 11.3 Å². The number of amides is 1. The van der Waals surface area contributed by atoms with Gasteiger partial charge in [0.1, 0.15) is 6.04 Å². The van der Waals surface area contributed by atoms with E-state index < -0.39 is 0 Å². The van der Waals surface area contributed by atoms with Gasteiger partial charge in [-0.2, -0.15) is 16.3 Å². The fraction of sp³-hybridized carbons (Fsp3) is 0.350. The van der Waals surface area contributed by atoms with Crippen LogP contribution in [-0.2, 0) is 17.8 Å². The van der Waals surface area contributed by atoms with Gasteiger partial charge in [-0.25, -0.2) is 0 Å². The highest BCUT2D eigenvalue weighted by Gasteiger charge is 2.34. The number of ether oxygens (including phenoxy) is 1. The summed E-state index contributed by atoms with van der Waals surface area (Å²) in [5.41, 5.74) is 1.86. The summed E-state index contributed by atoms with van der Waals surface area (Å²) in [6.07, 6.45) is 2.38. The Kier molecular flexibility index (Phi) is 5.60. The lowest BCUT2D eigenvalue weighted by atomic mass is 10.2. The molecular weight excluding hydrogens is 362 g/mol. The van der Waals surface area contributed by atoms with Gasteiger partial charge in [-0.15, -0.1) is 0 Å². The third-order valence-electron chi connectivity index (χ3n) is 4.63. The molecule has 0 spiro atoms. The normalized spacial score (nSPS) is 16.7. The number of aromatic nitrogens is 2. The second-order valence-corrected chi connectivity index (χ2v) is 7.29. The fourth-order valence-corrected chi connectivity index (χ4v) is 3.88. The molecule has 7 heteroatoms. The smallest absolute Gasteiger partial charge is 0.255 e. The summed E-state index contributed by atoms with van der Waals surface area (Å²) >= 11 is 1.52. The van der Waals surface area contributed by atoms with E-state index in [1.165, 1.54) is 11.3 Å². The van der Waals surface area contributed by atoms with Gasteiger partial charge in [0.05, 0.1) is 18.8 Å². The Morgan fingerprint density at radius 3 is 3.00 bits per heavy atom. The summed E-state index contributed by atoms with van der Waals surface area (Å²) in [7, 11) is 0. The molecule has 1 atom stereocenters. The first-order chi connectivity index (χ1) is 13.3. The Morgan fingerprint density at radius 2 is 2.19 bits per heavy atom. The number of thiophene rings is 1. The van der Waals surface area contributed by atoms with Crippen LogP contribution in [0, 0.1) is 0 Å². The van der Waals surface area contributed by atoms with Gasteiger partial charge in [0, 0.05) is 18.3 Å². The van der Waals surface area contributed by atoms with E-state index in [9.17, 15) is 4.79 Å². The largest absolute Gasteiger partial charge is 0.376 e. The first kappa shape index (κ1) is 17.9. The van der Waals surface area contributed by atoms with E-state index in [-0.39, 0.29) is 11.9 Å². The molecule has 1 aliphatic heterocycles. The van der Waals surface area contributed by atoms with Gasteiger partial charge in [0.15, 0.2) is 5.82 Å². The summed E-state index contributed by atoms with van der Waals surface area (Å²) in [5, 5.41) is 7.85. The number of nitrogens with zero attached hydrogens (tertiary/aromatic N) is 3. The number of rotatable bonds is 7. The lowest BCUT2D eigenvalue weighted by Crippen LogP contribution is -2.30. The second-order valence-electron chi connectivity index (χ2n) is 6.51. The topological polar surface area (TPSA) is 68.5 Å². The minimum atomic E-state index is -0.135. The predicted molar refractivity (Wildman–Crippen MR) is 101 cm³/mol. The molecule has 0 aliphatic carbocycles. The quantitative estimate of drug-likeness (QED) is 0.580. The van der Waals surface area contributed by atoms with E-state index in [0.29, 0.717) is 31.3 Å². The Balaban J connectivity index is 1.32. The number of likely N-dealkylation sites (tertiary alicyclic amines) is 1. The molecule has 4 rings (SSSR count). The minimum Gasteiger partial charge on any atom is -0.376 e. The third kappa shape index (κ3) is 4.26. The standard InChI is InChI=1S/C20H21N3O3S/c24-20(16-9-12-27-14-16)23-10-4-7-17(23)19-21-18(22-26-19)8-11-25-13-15-5-2-1-3-6-15/h1-3,5-6,9,12,14,17H,4,7-8,10-11,13H2. The molecule has 6 nitrogen and oxygen atoms in total. The summed E-state index contributed by atoms with van der Waals surface area (Å²) in [5.74, 6) is 1.17. The van der Waals surface area contributed by atoms with E-state index in [2.05, 4.69) is 10.1 Å². The van der Waals surface area contributed by atoms with E-state index in [0.717, 1.165) is 30.5 Å². The summed E-state index contributed by atoms with van der Waals surface area (Å²) in [4.78, 5) is 19.0. The molecule has 140 valence electrons. The van der Waals surface area contributed by atoms with Crippen molar-refractivity contribution in [3.8, 4) is 0 Å². The summed E-state index contributed by atoms with van der Waals surface area (Å²) in [6, 6.07) is 11.8. The van der Waals surface area contributed by atoms with Crippen LogP contribution in [0.3, 0.4) is 0 Å². The zero-order valence-electron chi connectivity index (χ0n) is 14.9. The predicted octanol–water partition coefficient (Wildman–Crippen LogP) is 3.87. The summed E-state index contributed by atoms with van der Waals surface area (Å²) < 4.78 is 11.1. The zero-order chi connectivity index (χ0) is 18.5. The van der Waals surface area contributed by atoms with Crippen LogP contribution in [0.25, 0.3) is 0 Å². The van der Waals surface area contributed by atoms with E-state index in [1.807, 2.05) is 52.1 Å². The average Bonchev–Trinajstić information content (AvgIpc) is 3.47. The highest BCUT2D eigenvalue weighted by molar-refractivity contribution is 7.08. The van der Waals surface area contributed by atoms with Gasteiger partial charge in [0.25, 0.3) is 5.91 Å². The monoisotopic (exact) mass is 383 g/mol. The Morgan fingerprint density at radius 1 is 1.30 bits per heavy atom. The third-order valence-corrected chi connectivity index (χ3v) is 5.32. The molecule has 1 aromatic carbocycles. The van der Waals surface area contributed by atoms with Crippen molar-refractivity contribution in [2.45, 2.75) is 31.9 Å². The molecule has 27 heavy (non-hydrogen) atoms. The van der Waals surface area contributed by atoms with Crippen molar-refractivity contribution < 1.29 is 14.1 Å². The van der Waals surface area contributed by atoms with Crippen LogP contribution in [-0.4, -0.2) is 34.1 Å². The SMILES string of the molecule is O=C(c1ccsc1)N1CCCC1c1nc(CCOCc2ccccc2)no1. The Bertz CT molecular complexity index is 864. The molecule has 3 aromatic rings. The maximum Gasteiger partial charge on any atom is 0.255 e. The molecule has 1 unspecified atom stereocenters. The minimum absolute atomic E-state index is 0.0321.